The van der Waals surface area contributed by atoms with Gasteiger partial charge in [0.1, 0.15) is 39.7 Å². The van der Waals surface area contributed by atoms with Gasteiger partial charge in [-0.1, -0.05) is 45.0 Å². The number of ether oxygens (including phenoxy) is 3. The number of carbonyl (C=O) groups is 2. The van der Waals surface area contributed by atoms with Crippen molar-refractivity contribution in [3.8, 4) is 23.1 Å². The molecule has 0 spiro atoms. The number of methoxy groups -OCH3 is 2. The number of benzene rings is 3. The van der Waals surface area contributed by atoms with Crippen molar-refractivity contribution in [3.63, 3.8) is 0 Å². The third-order valence-corrected chi connectivity index (χ3v) is 7.80. The first-order valence-corrected chi connectivity index (χ1v) is 16.5. The number of anilines is 5. The summed E-state index contributed by atoms with van der Waals surface area (Å²) in [7, 11) is 1.46. The second kappa shape index (κ2) is 14.5. The van der Waals surface area contributed by atoms with Crippen molar-refractivity contribution in [2.24, 2.45) is 0 Å². The first kappa shape index (κ1) is 34.4. The SMILES string of the molecule is COc1nc(Nc2cc(Oc3ccc(NC(=O)Nc4cc(C(C)(C)C)cc(NS(C)=O)c4OC)c4ccccc34)ccn2)ccc1C(=O)O. The van der Waals surface area contributed by atoms with Crippen LogP contribution in [-0.4, -0.2) is 51.8 Å². The number of carboxylic acid groups (broad SMARTS) is 1. The minimum Gasteiger partial charge on any atom is -0.492 e. The van der Waals surface area contributed by atoms with Gasteiger partial charge in [-0.2, -0.15) is 4.98 Å². The molecule has 5 N–H and O–H groups in total. The number of nitrogens with one attached hydrogen (secondary N) is 4. The van der Waals surface area contributed by atoms with Gasteiger partial charge in [-0.25, -0.2) is 18.8 Å². The zero-order valence-corrected chi connectivity index (χ0v) is 28.5. The Hall–Kier alpha value is -5.89. The van der Waals surface area contributed by atoms with E-state index in [0.717, 1.165) is 16.3 Å². The Balaban J connectivity index is 1.38. The molecule has 2 heterocycles. The van der Waals surface area contributed by atoms with Crippen molar-refractivity contribution in [1.29, 1.82) is 0 Å². The molecule has 49 heavy (non-hydrogen) atoms. The first-order valence-electron chi connectivity index (χ1n) is 15.0. The molecule has 1 unspecified atom stereocenters. The summed E-state index contributed by atoms with van der Waals surface area (Å²) in [5.41, 5.74) is 2.04. The maximum atomic E-state index is 13.4. The fourth-order valence-electron chi connectivity index (χ4n) is 4.98. The molecule has 0 aliphatic heterocycles. The highest BCUT2D eigenvalue weighted by atomic mass is 32.2. The van der Waals surface area contributed by atoms with E-state index in [-0.39, 0.29) is 16.9 Å². The van der Waals surface area contributed by atoms with Crippen LogP contribution in [0, 0.1) is 0 Å². The standard InChI is InChI=1S/C35H36N6O7S/c1-35(2,3)20-17-26(31(46-4)27(18-20)41-49(6)45)38-34(44)37-25-12-13-28(23-10-8-7-9-22(23)25)48-21-15-16-36-30(19-21)39-29-14-11-24(33(42)43)32(40-29)47-5/h7-19,41H,1-6H3,(H,42,43)(H,36,39,40)(H2,37,38,44). The van der Waals surface area contributed by atoms with Crippen LogP contribution in [0.5, 0.6) is 23.1 Å². The summed E-state index contributed by atoms with van der Waals surface area (Å²) in [5, 5.41) is 19.7. The van der Waals surface area contributed by atoms with Gasteiger partial charge in [0.15, 0.2) is 5.75 Å². The number of aromatic carboxylic acids is 1. The number of hydrogen-bond donors (Lipinski definition) is 5. The molecule has 5 rings (SSSR count). The predicted octanol–water partition coefficient (Wildman–Crippen LogP) is 7.53. The molecule has 3 aromatic carbocycles. The van der Waals surface area contributed by atoms with Gasteiger partial charge in [0.05, 0.1) is 31.3 Å². The van der Waals surface area contributed by atoms with E-state index in [1.807, 2.05) is 57.2 Å². The van der Waals surface area contributed by atoms with Gasteiger partial charge in [0.2, 0.25) is 5.88 Å². The van der Waals surface area contributed by atoms with Gasteiger partial charge < -0.3 is 40.0 Å². The van der Waals surface area contributed by atoms with E-state index in [1.165, 1.54) is 32.6 Å². The molecule has 2 amide bonds. The van der Waals surface area contributed by atoms with Crippen LogP contribution in [-0.2, 0) is 16.4 Å². The summed E-state index contributed by atoms with van der Waals surface area (Å²) in [5.74, 6) is 0.913. The van der Waals surface area contributed by atoms with E-state index in [2.05, 4.69) is 30.6 Å². The summed E-state index contributed by atoms with van der Waals surface area (Å²) in [4.78, 5) is 33.3. The number of urea groups is 1. The first-order chi connectivity index (χ1) is 23.4. The van der Waals surface area contributed by atoms with E-state index < -0.39 is 23.0 Å². The zero-order chi connectivity index (χ0) is 35.3. The number of carboxylic acids is 1. The number of rotatable bonds is 11. The lowest BCUT2D eigenvalue weighted by molar-refractivity contribution is 0.0692. The van der Waals surface area contributed by atoms with Gasteiger partial charge >= 0.3 is 12.0 Å². The number of amides is 2. The van der Waals surface area contributed by atoms with Crippen LogP contribution in [0.1, 0.15) is 36.7 Å². The van der Waals surface area contributed by atoms with Crippen molar-refractivity contribution in [3.05, 3.63) is 90.1 Å². The van der Waals surface area contributed by atoms with Gasteiger partial charge in [-0.15, -0.1) is 0 Å². The maximum absolute atomic E-state index is 13.4. The summed E-state index contributed by atoms with van der Waals surface area (Å²) in [6, 6.07) is 20.4. The Kier molecular flexibility index (Phi) is 10.2. The third-order valence-electron chi connectivity index (χ3n) is 7.29. The van der Waals surface area contributed by atoms with Crippen LogP contribution in [0.2, 0.25) is 0 Å². The van der Waals surface area contributed by atoms with E-state index in [1.54, 1.807) is 30.5 Å². The second-order valence-corrected chi connectivity index (χ2v) is 12.9. The summed E-state index contributed by atoms with van der Waals surface area (Å²) in [6.07, 6.45) is 3.08. The van der Waals surface area contributed by atoms with Crippen LogP contribution >= 0.6 is 0 Å². The lowest BCUT2D eigenvalue weighted by atomic mass is 9.86. The smallest absolute Gasteiger partial charge is 0.341 e. The number of carbonyl (C=O) groups excluding carboxylic acids is 1. The molecule has 254 valence electrons. The van der Waals surface area contributed by atoms with Crippen molar-refractivity contribution < 1.29 is 33.1 Å². The monoisotopic (exact) mass is 684 g/mol. The molecular formula is C35H36N6O7S. The van der Waals surface area contributed by atoms with E-state index >= 15 is 0 Å². The molecule has 2 aromatic heterocycles. The van der Waals surface area contributed by atoms with Gasteiger partial charge in [0, 0.05) is 29.3 Å². The van der Waals surface area contributed by atoms with Crippen LogP contribution in [0.15, 0.2) is 79.0 Å². The molecule has 13 nitrogen and oxygen atoms in total. The fraction of sp³-hybridized carbons (Fsp3) is 0.200. The predicted molar refractivity (Wildman–Crippen MR) is 191 cm³/mol. The number of fused-ring (bicyclic) bond motifs is 1. The molecule has 0 aliphatic rings. The Morgan fingerprint density at radius 1 is 0.837 bits per heavy atom. The van der Waals surface area contributed by atoms with Crippen molar-refractivity contribution in [1.82, 2.24) is 9.97 Å². The topological polar surface area (TPSA) is 173 Å². The average Bonchev–Trinajstić information content (AvgIpc) is 3.05. The summed E-state index contributed by atoms with van der Waals surface area (Å²) in [6.45, 7) is 6.13. The quantitative estimate of drug-likeness (QED) is 0.0936. The van der Waals surface area contributed by atoms with Crippen LogP contribution < -0.4 is 34.9 Å². The largest absolute Gasteiger partial charge is 0.492 e. The third kappa shape index (κ3) is 8.16. The van der Waals surface area contributed by atoms with Crippen LogP contribution in [0.4, 0.5) is 33.5 Å². The molecular weight excluding hydrogens is 648 g/mol. The average molecular weight is 685 g/mol. The molecule has 0 saturated carbocycles. The lowest BCUT2D eigenvalue weighted by Crippen LogP contribution is -2.21. The van der Waals surface area contributed by atoms with Crippen LogP contribution in [0.25, 0.3) is 10.8 Å². The number of aromatic nitrogens is 2. The minimum absolute atomic E-state index is 0.0349. The van der Waals surface area contributed by atoms with Crippen molar-refractivity contribution in [2.45, 2.75) is 26.2 Å². The molecule has 0 radical (unpaired) electrons. The molecule has 14 heteroatoms. The maximum Gasteiger partial charge on any atom is 0.341 e. The van der Waals surface area contributed by atoms with Crippen LogP contribution in [0.3, 0.4) is 0 Å². The lowest BCUT2D eigenvalue weighted by Gasteiger charge is -2.24. The van der Waals surface area contributed by atoms with E-state index in [0.29, 0.717) is 45.9 Å². The summed E-state index contributed by atoms with van der Waals surface area (Å²) >= 11 is 0. The Labute approximate surface area is 285 Å². The van der Waals surface area contributed by atoms with Crippen molar-refractivity contribution in [2.75, 3.05) is 41.1 Å². The Morgan fingerprint density at radius 2 is 1.55 bits per heavy atom. The van der Waals surface area contributed by atoms with Crippen molar-refractivity contribution >= 4 is 62.5 Å². The van der Waals surface area contributed by atoms with Gasteiger partial charge in [-0.3, -0.25) is 0 Å². The number of hydrogen-bond acceptors (Lipinski definition) is 9. The molecule has 1 atom stereocenters. The fourth-order valence-corrected chi connectivity index (χ4v) is 5.44. The highest BCUT2D eigenvalue weighted by Crippen LogP contribution is 2.40. The highest BCUT2D eigenvalue weighted by Gasteiger charge is 2.22. The Bertz CT molecular complexity index is 2070. The zero-order valence-electron chi connectivity index (χ0n) is 27.7. The normalized spacial score (nSPS) is 11.7. The molecule has 0 fully saturated rings. The molecule has 0 aliphatic carbocycles. The van der Waals surface area contributed by atoms with Gasteiger partial charge in [0.25, 0.3) is 0 Å². The number of pyridine rings is 2. The molecule has 0 saturated heterocycles. The molecule has 0 bridgehead atoms. The molecule has 5 aromatic rings. The minimum atomic E-state index is -1.37. The Morgan fingerprint density at radius 3 is 2.22 bits per heavy atom. The second-order valence-electron chi connectivity index (χ2n) is 11.8. The summed E-state index contributed by atoms with van der Waals surface area (Å²) < 4.78 is 31.9. The van der Waals surface area contributed by atoms with E-state index in [4.69, 9.17) is 14.2 Å². The van der Waals surface area contributed by atoms with E-state index in [9.17, 15) is 18.9 Å². The highest BCUT2D eigenvalue weighted by molar-refractivity contribution is 7.85. The van der Waals surface area contributed by atoms with Gasteiger partial charge in [-0.05, 0) is 53.4 Å². The number of nitrogens with zero attached hydrogens (tertiary/aromatic N) is 2.